The van der Waals surface area contributed by atoms with Gasteiger partial charge < -0.3 is 14.8 Å². The minimum absolute atomic E-state index is 0.0727. The third kappa shape index (κ3) is 4.80. The lowest BCUT2D eigenvalue weighted by molar-refractivity contribution is -0.146. The number of thiazole rings is 1. The van der Waals surface area contributed by atoms with Gasteiger partial charge in [-0.2, -0.15) is 0 Å². The Morgan fingerprint density at radius 3 is 2.54 bits per heavy atom. The van der Waals surface area contributed by atoms with Crippen molar-refractivity contribution in [1.29, 1.82) is 0 Å². The lowest BCUT2D eigenvalue weighted by Crippen LogP contribution is -2.39. The van der Waals surface area contributed by atoms with Gasteiger partial charge in [0.2, 0.25) is 0 Å². The van der Waals surface area contributed by atoms with E-state index >= 15 is 0 Å². The van der Waals surface area contributed by atoms with Crippen LogP contribution in [0.5, 0.6) is 0 Å². The van der Waals surface area contributed by atoms with Crippen LogP contribution < -0.4 is 5.32 Å². The molecule has 0 aliphatic carbocycles. The summed E-state index contributed by atoms with van der Waals surface area (Å²) in [5.74, 6) is -0.541. The minimum atomic E-state index is -0.812. The number of esters is 1. The predicted octanol–water partition coefficient (Wildman–Crippen LogP) is 3.65. The molecule has 1 N–H and O–H groups in total. The van der Waals surface area contributed by atoms with Gasteiger partial charge in [-0.05, 0) is 24.6 Å². The monoisotopic (exact) mass is 370 g/mol. The van der Waals surface area contributed by atoms with Crippen LogP contribution in [0.15, 0.2) is 54.6 Å². The van der Waals surface area contributed by atoms with Crippen LogP contribution in [0.1, 0.15) is 17.5 Å². The molecule has 3 aromatic rings. The average Bonchev–Trinajstić information content (AvgIpc) is 3.08. The van der Waals surface area contributed by atoms with Crippen molar-refractivity contribution in [1.82, 2.24) is 10.3 Å². The number of nitrogens with one attached hydrogen (secondary N) is 1. The maximum atomic E-state index is 12.0. The maximum absolute atomic E-state index is 12.0. The van der Waals surface area contributed by atoms with E-state index in [9.17, 15) is 9.59 Å². The van der Waals surface area contributed by atoms with E-state index < -0.39 is 18.1 Å². The van der Waals surface area contributed by atoms with Crippen molar-refractivity contribution < 1.29 is 19.1 Å². The van der Waals surface area contributed by atoms with Gasteiger partial charge in [-0.3, -0.25) is 0 Å². The van der Waals surface area contributed by atoms with Gasteiger partial charge in [0.15, 0.2) is 0 Å². The molecular weight excluding hydrogens is 352 g/mol. The van der Waals surface area contributed by atoms with Crippen LogP contribution in [0.3, 0.4) is 0 Å². The Morgan fingerprint density at radius 2 is 1.77 bits per heavy atom. The first-order valence-corrected chi connectivity index (χ1v) is 8.92. The molecule has 0 aliphatic rings. The summed E-state index contributed by atoms with van der Waals surface area (Å²) in [6, 6.07) is 16.2. The largest absolute Gasteiger partial charge is 0.457 e. The summed E-state index contributed by atoms with van der Waals surface area (Å²) >= 11 is 1.47. The van der Waals surface area contributed by atoms with Crippen LogP contribution in [0, 0.1) is 0 Å². The highest BCUT2D eigenvalue weighted by molar-refractivity contribution is 7.18. The quantitative estimate of drug-likeness (QED) is 0.670. The summed E-state index contributed by atoms with van der Waals surface area (Å²) in [6.45, 7) is 1.76. The number of alkyl carbamates (subject to hydrolysis) is 1. The molecule has 7 heteroatoms. The van der Waals surface area contributed by atoms with E-state index in [0.29, 0.717) is 5.01 Å². The fourth-order valence-electron chi connectivity index (χ4n) is 2.24. The molecule has 3 rings (SSSR count). The zero-order chi connectivity index (χ0) is 18.4. The molecule has 0 aliphatic heterocycles. The summed E-state index contributed by atoms with van der Waals surface area (Å²) in [5.41, 5.74) is 1.74. The van der Waals surface area contributed by atoms with Gasteiger partial charge in [-0.25, -0.2) is 14.6 Å². The summed E-state index contributed by atoms with van der Waals surface area (Å²) in [7, 11) is 0. The maximum Gasteiger partial charge on any atom is 0.408 e. The molecule has 0 saturated heterocycles. The van der Waals surface area contributed by atoms with Gasteiger partial charge in [0.1, 0.15) is 24.3 Å². The van der Waals surface area contributed by atoms with E-state index in [0.717, 1.165) is 15.8 Å². The summed E-state index contributed by atoms with van der Waals surface area (Å²) in [5, 5.41) is 3.17. The molecular formula is C19H18N2O4S. The van der Waals surface area contributed by atoms with Crippen LogP contribution in [0.25, 0.3) is 10.2 Å². The molecule has 1 aromatic heterocycles. The molecule has 26 heavy (non-hydrogen) atoms. The smallest absolute Gasteiger partial charge is 0.408 e. The Bertz CT molecular complexity index is 862. The van der Waals surface area contributed by atoms with Crippen molar-refractivity contribution in [2.75, 3.05) is 0 Å². The SMILES string of the molecule is C[C@H](NC(=O)OCc1ccccc1)C(=O)OCc1nc2ccccc2s1. The number of nitrogens with zero attached hydrogens (tertiary/aromatic N) is 1. The van der Waals surface area contributed by atoms with Gasteiger partial charge in [0.05, 0.1) is 10.2 Å². The molecule has 6 nitrogen and oxygen atoms in total. The van der Waals surface area contributed by atoms with Crippen LogP contribution in [-0.4, -0.2) is 23.1 Å². The molecule has 1 atom stereocenters. The summed E-state index contributed by atoms with van der Waals surface area (Å²) in [6.07, 6.45) is -0.668. The van der Waals surface area contributed by atoms with E-state index in [1.165, 1.54) is 11.3 Å². The van der Waals surface area contributed by atoms with Gasteiger partial charge in [-0.15, -0.1) is 11.3 Å². The van der Waals surface area contributed by atoms with Crippen LogP contribution in [-0.2, 0) is 27.5 Å². The first-order valence-electron chi connectivity index (χ1n) is 8.10. The highest BCUT2D eigenvalue weighted by atomic mass is 32.1. The van der Waals surface area contributed by atoms with Crippen molar-refractivity contribution in [3.05, 3.63) is 65.2 Å². The number of hydrogen-bond donors (Lipinski definition) is 1. The molecule has 0 spiro atoms. The van der Waals surface area contributed by atoms with Crippen molar-refractivity contribution in [3.8, 4) is 0 Å². The second-order valence-electron chi connectivity index (χ2n) is 5.61. The van der Waals surface area contributed by atoms with E-state index in [4.69, 9.17) is 9.47 Å². The van der Waals surface area contributed by atoms with Crippen LogP contribution >= 0.6 is 11.3 Å². The summed E-state index contributed by atoms with van der Waals surface area (Å²) < 4.78 is 11.3. The fourth-order valence-corrected chi connectivity index (χ4v) is 3.12. The Hall–Kier alpha value is -2.93. The topological polar surface area (TPSA) is 77.5 Å². The number of carbonyl (C=O) groups excluding carboxylic acids is 2. The first kappa shape index (κ1) is 17.9. The van der Waals surface area contributed by atoms with Crippen molar-refractivity contribution in [2.45, 2.75) is 26.2 Å². The van der Waals surface area contributed by atoms with Gasteiger partial charge in [0.25, 0.3) is 0 Å². The zero-order valence-electron chi connectivity index (χ0n) is 14.2. The van der Waals surface area contributed by atoms with E-state index in [1.807, 2.05) is 54.6 Å². The number of carbonyl (C=O) groups is 2. The normalized spacial score (nSPS) is 11.7. The van der Waals surface area contributed by atoms with E-state index in [-0.39, 0.29) is 13.2 Å². The highest BCUT2D eigenvalue weighted by Gasteiger charge is 2.18. The molecule has 1 heterocycles. The predicted molar refractivity (Wildman–Crippen MR) is 98.6 cm³/mol. The fraction of sp³-hybridized carbons (Fsp3) is 0.211. The Balaban J connectivity index is 1.44. The zero-order valence-corrected chi connectivity index (χ0v) is 15.0. The molecule has 0 unspecified atom stereocenters. The Kier molecular flexibility index (Phi) is 5.80. The first-order chi connectivity index (χ1) is 12.6. The van der Waals surface area contributed by atoms with Crippen LogP contribution in [0.4, 0.5) is 4.79 Å². The number of rotatable bonds is 6. The number of aromatic nitrogens is 1. The van der Waals surface area contributed by atoms with Crippen molar-refractivity contribution >= 4 is 33.6 Å². The standard InChI is InChI=1S/C19H18N2O4S/c1-13(20-19(23)25-11-14-7-3-2-4-8-14)18(22)24-12-17-21-15-9-5-6-10-16(15)26-17/h2-10,13H,11-12H2,1H3,(H,20,23)/t13-/m0/s1. The molecule has 1 amide bonds. The molecule has 2 aromatic carbocycles. The number of amides is 1. The average molecular weight is 370 g/mol. The van der Waals surface area contributed by atoms with Crippen molar-refractivity contribution in [3.63, 3.8) is 0 Å². The third-order valence-electron chi connectivity index (χ3n) is 3.58. The second kappa shape index (κ2) is 8.44. The molecule has 0 saturated carbocycles. The highest BCUT2D eigenvalue weighted by Crippen LogP contribution is 2.22. The number of ether oxygens (including phenoxy) is 2. The van der Waals surface area contributed by atoms with Crippen LogP contribution in [0.2, 0.25) is 0 Å². The lowest BCUT2D eigenvalue weighted by atomic mass is 10.2. The number of fused-ring (bicyclic) bond motifs is 1. The van der Waals surface area contributed by atoms with Gasteiger partial charge in [-0.1, -0.05) is 42.5 Å². The van der Waals surface area contributed by atoms with E-state index in [2.05, 4.69) is 10.3 Å². The van der Waals surface area contributed by atoms with E-state index in [1.54, 1.807) is 6.92 Å². The molecule has 0 bridgehead atoms. The number of benzene rings is 2. The van der Waals surface area contributed by atoms with Crippen molar-refractivity contribution in [2.24, 2.45) is 0 Å². The minimum Gasteiger partial charge on any atom is -0.457 e. The lowest BCUT2D eigenvalue weighted by Gasteiger charge is -2.13. The summed E-state index contributed by atoms with van der Waals surface area (Å²) in [4.78, 5) is 28.2. The number of para-hydroxylation sites is 1. The Morgan fingerprint density at radius 1 is 1.04 bits per heavy atom. The van der Waals surface area contributed by atoms with Gasteiger partial charge in [0, 0.05) is 0 Å². The second-order valence-corrected chi connectivity index (χ2v) is 6.73. The number of hydrogen-bond acceptors (Lipinski definition) is 6. The molecule has 0 radical (unpaired) electrons. The van der Waals surface area contributed by atoms with Gasteiger partial charge >= 0.3 is 12.1 Å². The molecule has 134 valence electrons. The third-order valence-corrected chi connectivity index (χ3v) is 4.59. The Labute approximate surface area is 154 Å². The molecule has 0 fully saturated rings.